The average molecular weight is 360 g/mol. The number of carboxylic acid groups (broad SMARTS) is 1. The highest BCUT2D eigenvalue weighted by atomic mass is 79.9. The SMILES string of the molecule is CCC(C(=O)O)n1nnc(-c2cc(OCCCBr)no2)n1. The molecule has 1 N–H and O–H groups in total. The smallest absolute Gasteiger partial charge is 0.330 e. The first-order chi connectivity index (χ1) is 10.2. The van der Waals surface area contributed by atoms with Gasteiger partial charge < -0.3 is 14.4 Å². The van der Waals surface area contributed by atoms with Gasteiger partial charge in [0, 0.05) is 5.33 Å². The fourth-order valence-corrected chi connectivity index (χ4v) is 1.79. The minimum absolute atomic E-state index is 0.164. The lowest BCUT2D eigenvalue weighted by Crippen LogP contribution is -2.20. The summed E-state index contributed by atoms with van der Waals surface area (Å²) in [5, 5.41) is 25.1. The Bertz CT molecular complexity index is 599. The molecule has 9 nitrogen and oxygen atoms in total. The van der Waals surface area contributed by atoms with Gasteiger partial charge >= 0.3 is 5.97 Å². The van der Waals surface area contributed by atoms with Crippen molar-refractivity contribution in [3.8, 4) is 17.5 Å². The molecule has 114 valence electrons. The number of rotatable bonds is 8. The van der Waals surface area contributed by atoms with Crippen molar-refractivity contribution in [2.75, 3.05) is 11.9 Å². The van der Waals surface area contributed by atoms with Crippen LogP contribution >= 0.6 is 15.9 Å². The van der Waals surface area contributed by atoms with E-state index in [-0.39, 0.29) is 11.6 Å². The van der Waals surface area contributed by atoms with Gasteiger partial charge in [-0.3, -0.25) is 0 Å². The maximum atomic E-state index is 11.0. The molecule has 0 aliphatic rings. The lowest BCUT2D eigenvalue weighted by atomic mass is 10.2. The van der Waals surface area contributed by atoms with E-state index in [2.05, 4.69) is 36.5 Å². The maximum Gasteiger partial charge on any atom is 0.330 e. The molecule has 0 saturated heterocycles. The molecular formula is C11H14BrN5O4. The summed E-state index contributed by atoms with van der Waals surface area (Å²) in [6.07, 6.45) is 1.19. The summed E-state index contributed by atoms with van der Waals surface area (Å²) < 4.78 is 10.4. The Morgan fingerprint density at radius 2 is 2.43 bits per heavy atom. The van der Waals surface area contributed by atoms with Crippen LogP contribution in [-0.4, -0.2) is 48.4 Å². The standard InChI is InChI=1S/C11H14BrN5O4/c1-2-7(11(18)19)17-14-10(13-16-17)8-6-9(15-21-8)20-5-3-4-12/h6-7H,2-5H2,1H3,(H,18,19). The Labute approximate surface area is 128 Å². The minimum Gasteiger partial charge on any atom is -0.480 e. The van der Waals surface area contributed by atoms with E-state index < -0.39 is 12.0 Å². The molecule has 1 unspecified atom stereocenters. The monoisotopic (exact) mass is 359 g/mol. The van der Waals surface area contributed by atoms with Crippen molar-refractivity contribution in [3.63, 3.8) is 0 Å². The molecule has 0 radical (unpaired) electrons. The van der Waals surface area contributed by atoms with Crippen LogP contribution < -0.4 is 4.74 Å². The van der Waals surface area contributed by atoms with Crippen LogP contribution in [0.1, 0.15) is 25.8 Å². The molecule has 2 aromatic rings. The number of carboxylic acids is 1. The van der Waals surface area contributed by atoms with Crippen molar-refractivity contribution in [3.05, 3.63) is 6.07 Å². The van der Waals surface area contributed by atoms with Crippen molar-refractivity contribution >= 4 is 21.9 Å². The van der Waals surface area contributed by atoms with Crippen molar-refractivity contribution < 1.29 is 19.2 Å². The highest BCUT2D eigenvalue weighted by Crippen LogP contribution is 2.20. The van der Waals surface area contributed by atoms with Crippen molar-refractivity contribution in [2.24, 2.45) is 0 Å². The zero-order valence-corrected chi connectivity index (χ0v) is 12.9. The number of aromatic nitrogens is 5. The van der Waals surface area contributed by atoms with E-state index in [0.29, 0.717) is 18.9 Å². The summed E-state index contributed by atoms with van der Waals surface area (Å²) in [7, 11) is 0. The zero-order valence-electron chi connectivity index (χ0n) is 11.3. The fraction of sp³-hybridized carbons (Fsp3) is 0.545. The van der Waals surface area contributed by atoms with Gasteiger partial charge in [0.2, 0.25) is 11.6 Å². The van der Waals surface area contributed by atoms with Gasteiger partial charge in [0.1, 0.15) is 0 Å². The van der Waals surface area contributed by atoms with Crippen molar-refractivity contribution in [1.29, 1.82) is 0 Å². The van der Waals surface area contributed by atoms with Gasteiger partial charge in [-0.05, 0) is 23.2 Å². The van der Waals surface area contributed by atoms with Gasteiger partial charge in [0.05, 0.1) is 12.7 Å². The van der Waals surface area contributed by atoms with Crippen LogP contribution in [0, 0.1) is 0 Å². The topological polar surface area (TPSA) is 116 Å². The molecule has 0 aliphatic carbocycles. The largest absolute Gasteiger partial charge is 0.480 e. The molecule has 0 aromatic carbocycles. The summed E-state index contributed by atoms with van der Waals surface area (Å²) in [5.41, 5.74) is 0. The Morgan fingerprint density at radius 1 is 1.62 bits per heavy atom. The number of carbonyl (C=O) groups is 1. The molecule has 2 heterocycles. The highest BCUT2D eigenvalue weighted by Gasteiger charge is 2.22. The Hall–Kier alpha value is -1.97. The maximum absolute atomic E-state index is 11.0. The average Bonchev–Trinajstić information content (AvgIpc) is 3.08. The van der Waals surface area contributed by atoms with Crippen LogP contribution in [0.4, 0.5) is 0 Å². The minimum atomic E-state index is -1.02. The molecule has 0 bridgehead atoms. The Balaban J connectivity index is 2.09. The summed E-state index contributed by atoms with van der Waals surface area (Å²) >= 11 is 3.30. The van der Waals surface area contributed by atoms with Crippen LogP contribution in [0.3, 0.4) is 0 Å². The third-order valence-electron chi connectivity index (χ3n) is 2.62. The summed E-state index contributed by atoms with van der Waals surface area (Å²) in [5.74, 6) is -0.252. The molecule has 1 atom stereocenters. The van der Waals surface area contributed by atoms with Crippen molar-refractivity contribution in [2.45, 2.75) is 25.8 Å². The number of ether oxygens (including phenoxy) is 1. The number of hydrogen-bond donors (Lipinski definition) is 1. The third kappa shape index (κ3) is 3.78. The molecule has 0 spiro atoms. The summed E-state index contributed by atoms with van der Waals surface area (Å²) in [6.45, 7) is 2.24. The molecule has 0 saturated carbocycles. The number of aliphatic carboxylic acids is 1. The second kappa shape index (κ2) is 7.16. The summed E-state index contributed by atoms with van der Waals surface area (Å²) in [4.78, 5) is 12.1. The fourth-order valence-electron chi connectivity index (χ4n) is 1.56. The number of nitrogens with zero attached hydrogens (tertiary/aromatic N) is 5. The van der Waals surface area contributed by atoms with Crippen molar-refractivity contribution in [1.82, 2.24) is 25.4 Å². The van der Waals surface area contributed by atoms with Gasteiger partial charge in [-0.2, -0.15) is 0 Å². The lowest BCUT2D eigenvalue weighted by molar-refractivity contribution is -0.141. The normalized spacial score (nSPS) is 12.3. The van der Waals surface area contributed by atoms with E-state index in [9.17, 15) is 4.79 Å². The quantitative estimate of drug-likeness (QED) is 0.556. The molecule has 2 aromatic heterocycles. The van der Waals surface area contributed by atoms with Crippen LogP contribution in [0.2, 0.25) is 0 Å². The first-order valence-corrected chi connectivity index (χ1v) is 7.46. The van der Waals surface area contributed by atoms with Gasteiger partial charge in [-0.25, -0.2) is 4.79 Å². The van der Waals surface area contributed by atoms with E-state index >= 15 is 0 Å². The van der Waals surface area contributed by atoms with E-state index in [1.807, 2.05) is 0 Å². The zero-order chi connectivity index (χ0) is 15.2. The highest BCUT2D eigenvalue weighted by molar-refractivity contribution is 9.09. The van der Waals surface area contributed by atoms with Gasteiger partial charge in [0.15, 0.2) is 6.04 Å². The van der Waals surface area contributed by atoms with Crippen LogP contribution in [-0.2, 0) is 4.79 Å². The van der Waals surface area contributed by atoms with E-state index in [1.165, 1.54) is 6.07 Å². The van der Waals surface area contributed by atoms with E-state index in [4.69, 9.17) is 14.4 Å². The first kappa shape index (κ1) is 15.4. The molecule has 10 heteroatoms. The summed E-state index contributed by atoms with van der Waals surface area (Å²) in [6, 6.07) is 0.681. The predicted molar refractivity (Wildman–Crippen MR) is 74.2 cm³/mol. The molecule has 21 heavy (non-hydrogen) atoms. The first-order valence-electron chi connectivity index (χ1n) is 6.33. The second-order valence-corrected chi connectivity index (χ2v) is 4.91. The Morgan fingerprint density at radius 3 is 3.10 bits per heavy atom. The van der Waals surface area contributed by atoms with E-state index in [1.54, 1.807) is 6.92 Å². The number of alkyl halides is 1. The molecule has 0 aliphatic heterocycles. The second-order valence-electron chi connectivity index (χ2n) is 4.12. The number of halogens is 1. The molecule has 0 fully saturated rings. The number of hydrogen-bond acceptors (Lipinski definition) is 7. The lowest BCUT2D eigenvalue weighted by Gasteiger charge is -2.05. The molecular weight excluding hydrogens is 346 g/mol. The van der Waals surface area contributed by atoms with Gasteiger partial charge in [-0.15, -0.1) is 15.0 Å². The van der Waals surface area contributed by atoms with Crippen LogP contribution in [0.25, 0.3) is 11.6 Å². The van der Waals surface area contributed by atoms with Crippen LogP contribution in [0.5, 0.6) is 5.88 Å². The third-order valence-corrected chi connectivity index (χ3v) is 3.18. The van der Waals surface area contributed by atoms with Gasteiger partial charge in [-0.1, -0.05) is 22.9 Å². The Kier molecular flexibility index (Phi) is 5.26. The predicted octanol–water partition coefficient (Wildman–Crippen LogP) is 1.53. The molecule has 2 rings (SSSR count). The molecule has 0 amide bonds. The van der Waals surface area contributed by atoms with Crippen LogP contribution in [0.15, 0.2) is 10.6 Å². The number of tetrazole rings is 1. The van der Waals surface area contributed by atoms with E-state index in [0.717, 1.165) is 16.5 Å². The van der Waals surface area contributed by atoms with Gasteiger partial charge in [0.25, 0.3) is 5.88 Å².